The maximum Gasteiger partial charge on any atom is 0.251 e. The zero-order chi connectivity index (χ0) is 11.4. The third kappa shape index (κ3) is 3.28. The van der Waals surface area contributed by atoms with Gasteiger partial charge in [0.2, 0.25) is 0 Å². The molecule has 0 spiro atoms. The Labute approximate surface area is 99.7 Å². The van der Waals surface area contributed by atoms with E-state index in [2.05, 4.69) is 14.9 Å². The number of nitrogens with zero attached hydrogens (tertiary/aromatic N) is 1. The molecule has 0 unspecified atom stereocenters. The van der Waals surface area contributed by atoms with Crippen molar-refractivity contribution in [1.29, 1.82) is 0 Å². The Morgan fingerprint density at radius 3 is 2.50 bits per heavy atom. The zero-order valence-electron chi connectivity index (χ0n) is 9.29. The highest BCUT2D eigenvalue weighted by Gasteiger charge is 2.09. The van der Waals surface area contributed by atoms with Crippen molar-refractivity contribution in [2.45, 2.75) is 32.2 Å². The Balaban J connectivity index is 2.07. The molecule has 0 bridgehead atoms. The minimum atomic E-state index is -0.117. The first kappa shape index (κ1) is 11.5. The third-order valence-electron chi connectivity index (χ3n) is 2.91. The smallest absolute Gasteiger partial charge is 0.251 e. The molecule has 16 heavy (non-hydrogen) atoms. The van der Waals surface area contributed by atoms with Gasteiger partial charge in [0.15, 0.2) is 4.77 Å². The molecule has 0 saturated carbocycles. The fourth-order valence-corrected chi connectivity index (χ4v) is 2.37. The first-order chi connectivity index (χ1) is 7.74. The molecule has 88 valence electrons. The minimum Gasteiger partial charge on any atom is -0.335 e. The normalized spacial score (nSPS) is 18.2. The molecule has 0 aromatic carbocycles. The summed E-state index contributed by atoms with van der Waals surface area (Å²) in [6.45, 7) is 3.04. The first-order valence-electron chi connectivity index (χ1n) is 5.79. The van der Waals surface area contributed by atoms with E-state index in [-0.39, 0.29) is 5.56 Å². The quantitative estimate of drug-likeness (QED) is 0.774. The number of nitrogens with one attached hydrogen (secondary N) is 2. The van der Waals surface area contributed by atoms with E-state index in [1.54, 1.807) is 6.07 Å². The van der Waals surface area contributed by atoms with E-state index in [1.165, 1.54) is 25.7 Å². The van der Waals surface area contributed by atoms with Gasteiger partial charge < -0.3 is 4.98 Å². The summed E-state index contributed by atoms with van der Waals surface area (Å²) in [6, 6.07) is 1.60. The van der Waals surface area contributed by atoms with E-state index in [1.807, 2.05) is 0 Å². The molecule has 1 aromatic heterocycles. The van der Waals surface area contributed by atoms with E-state index >= 15 is 0 Å². The summed E-state index contributed by atoms with van der Waals surface area (Å²) in [5, 5.41) is 0. The maximum absolute atomic E-state index is 11.3. The number of rotatable bonds is 2. The van der Waals surface area contributed by atoms with Crippen LogP contribution in [0.2, 0.25) is 0 Å². The van der Waals surface area contributed by atoms with Crippen LogP contribution in [0.5, 0.6) is 0 Å². The second-order valence-corrected chi connectivity index (χ2v) is 4.71. The molecule has 1 aromatic rings. The zero-order valence-corrected chi connectivity index (χ0v) is 10.1. The molecule has 0 amide bonds. The van der Waals surface area contributed by atoms with E-state index < -0.39 is 0 Å². The maximum atomic E-state index is 11.3. The van der Waals surface area contributed by atoms with Gasteiger partial charge in [-0.05, 0) is 38.1 Å². The van der Waals surface area contributed by atoms with Crippen LogP contribution >= 0.6 is 12.2 Å². The second kappa shape index (κ2) is 5.41. The highest BCUT2D eigenvalue weighted by Crippen LogP contribution is 2.11. The van der Waals surface area contributed by atoms with Gasteiger partial charge >= 0.3 is 0 Å². The van der Waals surface area contributed by atoms with Crippen molar-refractivity contribution in [3.05, 3.63) is 26.9 Å². The van der Waals surface area contributed by atoms with Crippen molar-refractivity contribution in [2.24, 2.45) is 0 Å². The monoisotopic (exact) mass is 239 g/mol. The molecular formula is C11H17N3OS. The summed E-state index contributed by atoms with van der Waals surface area (Å²) < 4.78 is 0.414. The number of likely N-dealkylation sites (tertiary alicyclic amines) is 1. The van der Waals surface area contributed by atoms with Crippen LogP contribution in [0.25, 0.3) is 0 Å². The number of hydrogen-bond donors (Lipinski definition) is 2. The Bertz CT molecular complexity index is 415. The molecule has 0 radical (unpaired) electrons. The number of H-pyrrole nitrogens is 2. The van der Waals surface area contributed by atoms with Gasteiger partial charge in [0.05, 0.1) is 0 Å². The Hall–Kier alpha value is -0.940. The van der Waals surface area contributed by atoms with Crippen LogP contribution in [-0.2, 0) is 6.54 Å². The summed E-state index contributed by atoms with van der Waals surface area (Å²) in [6.07, 6.45) is 5.15. The van der Waals surface area contributed by atoms with Gasteiger partial charge in [0, 0.05) is 18.3 Å². The van der Waals surface area contributed by atoms with E-state index in [0.29, 0.717) is 4.77 Å². The van der Waals surface area contributed by atoms with Crippen LogP contribution in [0.3, 0.4) is 0 Å². The molecule has 2 rings (SSSR count). The lowest BCUT2D eigenvalue weighted by atomic mass is 10.2. The van der Waals surface area contributed by atoms with Gasteiger partial charge in [0.25, 0.3) is 5.56 Å². The van der Waals surface area contributed by atoms with E-state index in [0.717, 1.165) is 25.3 Å². The van der Waals surface area contributed by atoms with Crippen LogP contribution in [0.1, 0.15) is 31.4 Å². The average Bonchev–Trinajstić information content (AvgIpc) is 2.44. The summed E-state index contributed by atoms with van der Waals surface area (Å²) in [7, 11) is 0. The molecule has 4 nitrogen and oxygen atoms in total. The Kier molecular flexibility index (Phi) is 3.90. The van der Waals surface area contributed by atoms with Crippen molar-refractivity contribution in [3.8, 4) is 0 Å². The van der Waals surface area contributed by atoms with E-state index in [9.17, 15) is 4.79 Å². The van der Waals surface area contributed by atoms with Gasteiger partial charge in [-0.25, -0.2) is 0 Å². The van der Waals surface area contributed by atoms with Crippen molar-refractivity contribution < 1.29 is 0 Å². The number of hydrogen-bond acceptors (Lipinski definition) is 3. The van der Waals surface area contributed by atoms with Crippen LogP contribution < -0.4 is 5.56 Å². The first-order valence-corrected chi connectivity index (χ1v) is 6.20. The fourth-order valence-electron chi connectivity index (χ4n) is 2.14. The summed E-state index contributed by atoms with van der Waals surface area (Å²) in [5.41, 5.74) is 0.796. The van der Waals surface area contributed by atoms with Crippen LogP contribution in [0, 0.1) is 4.77 Å². The molecule has 0 atom stereocenters. The Morgan fingerprint density at radius 1 is 1.19 bits per heavy atom. The second-order valence-electron chi connectivity index (χ2n) is 4.30. The van der Waals surface area contributed by atoms with Gasteiger partial charge in [-0.2, -0.15) is 0 Å². The molecule has 1 aliphatic heterocycles. The predicted molar refractivity (Wildman–Crippen MR) is 66.0 cm³/mol. The largest absolute Gasteiger partial charge is 0.335 e. The minimum absolute atomic E-state index is 0.117. The molecular weight excluding hydrogens is 222 g/mol. The lowest BCUT2D eigenvalue weighted by Crippen LogP contribution is -2.25. The van der Waals surface area contributed by atoms with Crippen molar-refractivity contribution >= 4 is 12.2 Å². The third-order valence-corrected chi connectivity index (χ3v) is 3.11. The van der Waals surface area contributed by atoms with Crippen molar-refractivity contribution in [3.63, 3.8) is 0 Å². The predicted octanol–water partition coefficient (Wildman–Crippen LogP) is 1.81. The van der Waals surface area contributed by atoms with Gasteiger partial charge in [0.1, 0.15) is 0 Å². The molecule has 1 saturated heterocycles. The summed E-state index contributed by atoms with van der Waals surface area (Å²) in [4.78, 5) is 19.2. The summed E-state index contributed by atoms with van der Waals surface area (Å²) in [5.74, 6) is 0. The van der Waals surface area contributed by atoms with Crippen LogP contribution in [0.4, 0.5) is 0 Å². The van der Waals surface area contributed by atoms with Gasteiger partial charge in [-0.1, -0.05) is 12.8 Å². The van der Waals surface area contributed by atoms with E-state index in [4.69, 9.17) is 12.2 Å². The lowest BCUT2D eigenvalue weighted by Gasteiger charge is -2.19. The number of aromatic nitrogens is 2. The SMILES string of the molecule is O=c1cc(CN2CCCCCC2)[nH]c(=S)[nH]1. The summed E-state index contributed by atoms with van der Waals surface area (Å²) >= 11 is 4.95. The molecule has 2 heterocycles. The highest BCUT2D eigenvalue weighted by atomic mass is 32.1. The molecule has 0 aliphatic carbocycles. The molecule has 1 fully saturated rings. The average molecular weight is 239 g/mol. The topological polar surface area (TPSA) is 51.9 Å². The standard InChI is InChI=1S/C11H17N3OS/c15-10-7-9(12-11(16)13-10)8-14-5-3-1-2-4-6-14/h7H,1-6,8H2,(H2,12,13,15,16). The molecule has 2 N–H and O–H groups in total. The molecule has 1 aliphatic rings. The Morgan fingerprint density at radius 2 is 1.88 bits per heavy atom. The van der Waals surface area contributed by atoms with Crippen LogP contribution in [0.15, 0.2) is 10.9 Å². The number of aromatic amines is 2. The van der Waals surface area contributed by atoms with Gasteiger partial charge in [-0.15, -0.1) is 0 Å². The fraction of sp³-hybridized carbons (Fsp3) is 0.636. The van der Waals surface area contributed by atoms with Crippen molar-refractivity contribution in [2.75, 3.05) is 13.1 Å². The van der Waals surface area contributed by atoms with Crippen molar-refractivity contribution in [1.82, 2.24) is 14.9 Å². The van der Waals surface area contributed by atoms with Crippen LogP contribution in [-0.4, -0.2) is 28.0 Å². The lowest BCUT2D eigenvalue weighted by molar-refractivity contribution is 0.273. The molecule has 5 heteroatoms. The van der Waals surface area contributed by atoms with Gasteiger partial charge in [-0.3, -0.25) is 14.7 Å². The highest BCUT2D eigenvalue weighted by molar-refractivity contribution is 7.71.